The molecule has 0 spiro atoms. The number of fused-ring (bicyclic) bond motifs is 1. The number of aromatic carboxylic acids is 1. The van der Waals surface area contributed by atoms with Crippen molar-refractivity contribution in [2.24, 2.45) is 0 Å². The Kier molecular flexibility index (Phi) is 3.06. The molecule has 1 heterocycles. The van der Waals surface area contributed by atoms with Crippen molar-refractivity contribution in [3.8, 4) is 17.1 Å². The summed E-state index contributed by atoms with van der Waals surface area (Å²) < 4.78 is 14.0. The van der Waals surface area contributed by atoms with Crippen LogP contribution in [-0.2, 0) is 0 Å². The molecule has 22 heavy (non-hydrogen) atoms. The van der Waals surface area contributed by atoms with Crippen LogP contribution in [0.3, 0.4) is 0 Å². The lowest BCUT2D eigenvalue weighted by molar-refractivity contribution is -0.642. The van der Waals surface area contributed by atoms with Crippen molar-refractivity contribution in [3.05, 3.63) is 53.0 Å². The molecular formula is C14H8FN3O4. The van der Waals surface area contributed by atoms with Crippen LogP contribution in [0.4, 0.5) is 4.39 Å². The number of benzene rings is 2. The van der Waals surface area contributed by atoms with Gasteiger partial charge in [-0.25, -0.2) is 14.2 Å². The van der Waals surface area contributed by atoms with Gasteiger partial charge in [0, 0.05) is 5.10 Å². The van der Waals surface area contributed by atoms with Gasteiger partial charge in [0.15, 0.2) is 0 Å². The third-order valence-corrected chi connectivity index (χ3v) is 3.03. The molecule has 3 aromatic rings. The number of aromatic nitrogens is 3. The molecule has 0 amide bonds. The molecule has 0 saturated heterocycles. The molecule has 0 bridgehead atoms. The first-order chi connectivity index (χ1) is 10.5. The maximum Gasteiger partial charge on any atom is 0.335 e. The molecule has 2 N–H and O–H groups in total. The number of phenols is 1. The fourth-order valence-electron chi connectivity index (χ4n) is 1.98. The highest BCUT2D eigenvalue weighted by molar-refractivity contribution is 5.88. The fourth-order valence-corrected chi connectivity index (χ4v) is 1.98. The second-order valence-corrected chi connectivity index (χ2v) is 4.48. The molecule has 1 aromatic heterocycles. The van der Waals surface area contributed by atoms with E-state index in [1.807, 2.05) is 0 Å². The van der Waals surface area contributed by atoms with E-state index in [1.165, 1.54) is 30.3 Å². The topological polar surface area (TPSA) is 110 Å². The van der Waals surface area contributed by atoms with Gasteiger partial charge in [-0.15, -0.1) is 0 Å². The zero-order valence-corrected chi connectivity index (χ0v) is 10.9. The Bertz CT molecular complexity index is 914. The van der Waals surface area contributed by atoms with Crippen molar-refractivity contribution >= 4 is 17.0 Å². The Morgan fingerprint density at radius 1 is 1.23 bits per heavy atom. The van der Waals surface area contributed by atoms with Crippen LogP contribution in [-0.4, -0.2) is 26.3 Å². The summed E-state index contributed by atoms with van der Waals surface area (Å²) in [5, 5.41) is 33.6. The first-order valence-corrected chi connectivity index (χ1v) is 6.09. The van der Waals surface area contributed by atoms with E-state index in [2.05, 4.69) is 10.1 Å². The Balaban J connectivity index is 2.18. The number of carboxylic acids is 1. The first kappa shape index (κ1) is 13.7. The molecule has 0 fully saturated rings. The molecule has 2 aromatic carbocycles. The SMILES string of the molecule is O=C(O)c1ccc(-c2nc3ccc(O)cc3[n+]([O-])n2)c(F)c1. The number of hydrogen-bond acceptors (Lipinski definition) is 5. The zero-order valence-electron chi connectivity index (χ0n) is 10.9. The van der Waals surface area contributed by atoms with Gasteiger partial charge >= 0.3 is 5.97 Å². The van der Waals surface area contributed by atoms with Crippen molar-refractivity contribution in [2.45, 2.75) is 0 Å². The quantitative estimate of drug-likeness (QED) is 0.548. The largest absolute Gasteiger partial charge is 0.594 e. The molecule has 8 heteroatoms. The zero-order chi connectivity index (χ0) is 15.9. The number of carboxylic acid groups (broad SMARTS) is 1. The number of phenolic OH excluding ortho intramolecular Hbond substituents is 1. The highest BCUT2D eigenvalue weighted by atomic mass is 19.1. The molecule has 0 atom stereocenters. The molecule has 0 aliphatic carbocycles. The molecule has 0 radical (unpaired) electrons. The predicted molar refractivity (Wildman–Crippen MR) is 72.5 cm³/mol. The molecule has 7 nitrogen and oxygen atoms in total. The smallest absolute Gasteiger partial charge is 0.335 e. The van der Waals surface area contributed by atoms with E-state index in [1.54, 1.807) is 0 Å². The fraction of sp³-hybridized carbons (Fsp3) is 0. The Labute approximate surface area is 122 Å². The molecule has 0 saturated carbocycles. The Morgan fingerprint density at radius 3 is 2.68 bits per heavy atom. The van der Waals surface area contributed by atoms with E-state index < -0.39 is 11.8 Å². The van der Waals surface area contributed by atoms with E-state index in [0.717, 1.165) is 6.07 Å². The van der Waals surface area contributed by atoms with Gasteiger partial charge in [-0.2, -0.15) is 0 Å². The van der Waals surface area contributed by atoms with E-state index in [0.29, 0.717) is 0 Å². The summed E-state index contributed by atoms with van der Waals surface area (Å²) in [5.74, 6) is -2.41. The Hall–Kier alpha value is -3.29. The number of carbonyl (C=O) groups is 1. The van der Waals surface area contributed by atoms with Crippen molar-refractivity contribution in [1.82, 2.24) is 10.1 Å². The lowest BCUT2D eigenvalue weighted by Crippen LogP contribution is -2.33. The second kappa shape index (κ2) is 4.92. The van der Waals surface area contributed by atoms with Crippen LogP contribution in [0.5, 0.6) is 5.75 Å². The van der Waals surface area contributed by atoms with Crippen LogP contribution in [0.15, 0.2) is 36.4 Å². The van der Waals surface area contributed by atoms with E-state index in [4.69, 9.17) is 5.11 Å². The van der Waals surface area contributed by atoms with Gasteiger partial charge in [0.2, 0.25) is 5.82 Å². The van der Waals surface area contributed by atoms with Crippen LogP contribution in [0.1, 0.15) is 10.4 Å². The lowest BCUT2D eigenvalue weighted by atomic mass is 10.1. The third kappa shape index (κ3) is 2.26. The minimum absolute atomic E-state index is 0.0336. The van der Waals surface area contributed by atoms with Crippen LogP contribution in [0.25, 0.3) is 22.4 Å². The number of nitrogens with zero attached hydrogens (tertiary/aromatic N) is 3. The highest BCUT2D eigenvalue weighted by Gasteiger charge is 2.17. The molecule has 0 aliphatic heterocycles. The average Bonchev–Trinajstić information content (AvgIpc) is 2.47. The van der Waals surface area contributed by atoms with Gasteiger partial charge < -0.3 is 15.4 Å². The number of rotatable bonds is 2. The summed E-state index contributed by atoms with van der Waals surface area (Å²) in [6.45, 7) is 0. The number of aromatic hydroxyl groups is 1. The maximum atomic E-state index is 14.0. The standard InChI is InChI=1S/C14H8FN3O4/c15-10-5-7(14(20)21)1-3-9(10)13-16-11-4-2-8(19)6-12(11)18(22)17-13/h1-6,19H,(H,20,21). The average molecular weight is 301 g/mol. The molecule has 0 unspecified atom stereocenters. The monoisotopic (exact) mass is 301 g/mol. The van der Waals surface area contributed by atoms with Crippen LogP contribution in [0.2, 0.25) is 0 Å². The molecular weight excluding hydrogens is 293 g/mol. The number of halogens is 1. The van der Waals surface area contributed by atoms with Crippen molar-refractivity contribution in [3.63, 3.8) is 0 Å². The summed E-state index contributed by atoms with van der Waals surface area (Å²) in [4.78, 5) is 15.1. The summed E-state index contributed by atoms with van der Waals surface area (Å²) in [7, 11) is 0. The van der Waals surface area contributed by atoms with E-state index in [9.17, 15) is 19.5 Å². The maximum absolute atomic E-state index is 14.0. The van der Waals surface area contributed by atoms with Crippen LogP contribution >= 0.6 is 0 Å². The second-order valence-electron chi connectivity index (χ2n) is 4.48. The summed E-state index contributed by atoms with van der Waals surface area (Å²) in [5.41, 5.74) is -0.0580. The van der Waals surface area contributed by atoms with Gasteiger partial charge in [-0.1, -0.05) is 0 Å². The molecule has 3 rings (SSSR count). The van der Waals surface area contributed by atoms with Gasteiger partial charge in [-0.3, -0.25) is 0 Å². The van der Waals surface area contributed by atoms with Crippen LogP contribution < -0.4 is 4.85 Å². The van der Waals surface area contributed by atoms with Gasteiger partial charge in [0.05, 0.1) is 17.2 Å². The first-order valence-electron chi connectivity index (χ1n) is 6.09. The predicted octanol–water partition coefficient (Wildman–Crippen LogP) is 1.47. The van der Waals surface area contributed by atoms with Crippen molar-refractivity contribution < 1.29 is 24.2 Å². The summed E-state index contributed by atoms with van der Waals surface area (Å²) in [6.07, 6.45) is 0. The molecule has 0 aliphatic rings. The molecule has 110 valence electrons. The summed E-state index contributed by atoms with van der Waals surface area (Å²) in [6, 6.07) is 7.14. The minimum atomic E-state index is -1.26. The lowest BCUT2D eigenvalue weighted by Gasteiger charge is -2.04. The van der Waals surface area contributed by atoms with Crippen molar-refractivity contribution in [1.29, 1.82) is 0 Å². The number of hydrogen-bond donors (Lipinski definition) is 2. The van der Waals surface area contributed by atoms with Gasteiger partial charge in [0.25, 0.3) is 5.52 Å². The van der Waals surface area contributed by atoms with E-state index in [-0.39, 0.29) is 38.6 Å². The van der Waals surface area contributed by atoms with Crippen LogP contribution in [0, 0.1) is 11.0 Å². The Morgan fingerprint density at radius 2 is 2.00 bits per heavy atom. The normalized spacial score (nSPS) is 10.8. The minimum Gasteiger partial charge on any atom is -0.594 e. The third-order valence-electron chi connectivity index (χ3n) is 3.03. The van der Waals surface area contributed by atoms with E-state index >= 15 is 0 Å². The summed E-state index contributed by atoms with van der Waals surface area (Å²) >= 11 is 0. The highest BCUT2D eigenvalue weighted by Crippen LogP contribution is 2.22. The van der Waals surface area contributed by atoms with Crippen molar-refractivity contribution in [2.75, 3.05) is 0 Å². The van der Waals surface area contributed by atoms with Gasteiger partial charge in [0.1, 0.15) is 17.1 Å². The van der Waals surface area contributed by atoms with Gasteiger partial charge in [-0.05, 0) is 35.2 Å².